The Hall–Kier alpha value is -0.570. The first kappa shape index (κ1) is 13.4. The molecule has 0 saturated carbocycles. The van der Waals surface area contributed by atoms with Gasteiger partial charge in [0.1, 0.15) is 0 Å². The monoisotopic (exact) mass is 278 g/mol. The van der Waals surface area contributed by atoms with E-state index in [9.17, 15) is 0 Å². The lowest BCUT2D eigenvalue weighted by molar-refractivity contribution is 0.0900. The van der Waals surface area contributed by atoms with Gasteiger partial charge in [0.25, 0.3) is 0 Å². The third-order valence-corrected chi connectivity index (χ3v) is 4.94. The third kappa shape index (κ3) is 3.13. The summed E-state index contributed by atoms with van der Waals surface area (Å²) in [6.07, 6.45) is 4.14. The van der Waals surface area contributed by atoms with E-state index in [1.54, 1.807) is 0 Å². The average molecular weight is 279 g/mol. The molecule has 2 heterocycles. The molecule has 0 aromatic heterocycles. The molecule has 2 saturated heterocycles. The second-order valence-corrected chi connectivity index (χ2v) is 6.86. The highest BCUT2D eigenvalue weighted by molar-refractivity contribution is 6.30. The summed E-state index contributed by atoms with van der Waals surface area (Å²) < 4.78 is 0. The van der Waals surface area contributed by atoms with E-state index >= 15 is 0 Å². The summed E-state index contributed by atoms with van der Waals surface area (Å²) in [6, 6.07) is 8.31. The zero-order chi connectivity index (χ0) is 13.3. The Morgan fingerprint density at radius 1 is 1.11 bits per heavy atom. The van der Waals surface area contributed by atoms with E-state index < -0.39 is 0 Å². The van der Waals surface area contributed by atoms with Gasteiger partial charge in [-0.25, -0.2) is 0 Å². The highest BCUT2D eigenvalue weighted by Crippen LogP contribution is 2.38. The fourth-order valence-corrected chi connectivity index (χ4v) is 3.91. The SMILES string of the molecule is CN1CCC2(CCCN(Cc3ccc(Cl)cc3)C2)C1. The van der Waals surface area contributed by atoms with E-state index in [1.165, 1.54) is 51.0 Å². The summed E-state index contributed by atoms with van der Waals surface area (Å²) in [4.78, 5) is 5.12. The Morgan fingerprint density at radius 2 is 1.89 bits per heavy atom. The number of halogens is 1. The van der Waals surface area contributed by atoms with Gasteiger partial charge in [-0.05, 0) is 62.5 Å². The van der Waals surface area contributed by atoms with Crippen LogP contribution in [0.25, 0.3) is 0 Å². The van der Waals surface area contributed by atoms with Crippen LogP contribution in [0.4, 0.5) is 0 Å². The second-order valence-electron chi connectivity index (χ2n) is 6.43. The summed E-state index contributed by atoms with van der Waals surface area (Å²) in [5.41, 5.74) is 1.95. The fourth-order valence-electron chi connectivity index (χ4n) is 3.78. The molecule has 2 fully saturated rings. The van der Waals surface area contributed by atoms with Crippen LogP contribution in [0.5, 0.6) is 0 Å². The highest BCUT2D eigenvalue weighted by atomic mass is 35.5. The van der Waals surface area contributed by atoms with Crippen LogP contribution in [0, 0.1) is 5.41 Å². The number of nitrogens with zero attached hydrogens (tertiary/aromatic N) is 2. The lowest BCUT2D eigenvalue weighted by Crippen LogP contribution is -2.44. The first-order valence-electron chi connectivity index (χ1n) is 7.31. The van der Waals surface area contributed by atoms with Crippen molar-refractivity contribution in [2.45, 2.75) is 25.8 Å². The van der Waals surface area contributed by atoms with Crippen molar-refractivity contribution in [3.05, 3.63) is 34.9 Å². The van der Waals surface area contributed by atoms with Crippen molar-refractivity contribution in [3.8, 4) is 0 Å². The van der Waals surface area contributed by atoms with Crippen molar-refractivity contribution in [2.24, 2.45) is 5.41 Å². The second kappa shape index (κ2) is 5.43. The van der Waals surface area contributed by atoms with Gasteiger partial charge in [0.2, 0.25) is 0 Å². The lowest BCUT2D eigenvalue weighted by Gasteiger charge is -2.40. The zero-order valence-corrected chi connectivity index (χ0v) is 12.5. The standard InChI is InChI=1S/C16H23ClN2/c1-18-10-8-16(12-18)7-2-9-19(13-16)11-14-3-5-15(17)6-4-14/h3-6H,2,7-13H2,1H3. The molecule has 1 atom stereocenters. The Kier molecular flexibility index (Phi) is 3.84. The molecule has 3 rings (SSSR count). The molecule has 0 radical (unpaired) electrons. The molecule has 2 aliphatic rings. The van der Waals surface area contributed by atoms with Gasteiger partial charge in [0.05, 0.1) is 0 Å². The first-order chi connectivity index (χ1) is 9.15. The molecular weight excluding hydrogens is 256 g/mol. The van der Waals surface area contributed by atoms with E-state index in [1.807, 2.05) is 12.1 Å². The Labute approximate surface area is 121 Å². The van der Waals surface area contributed by atoms with E-state index in [-0.39, 0.29) is 0 Å². The summed E-state index contributed by atoms with van der Waals surface area (Å²) in [5, 5.41) is 0.830. The number of rotatable bonds is 2. The maximum atomic E-state index is 5.95. The van der Waals surface area contributed by atoms with Gasteiger partial charge in [-0.1, -0.05) is 23.7 Å². The van der Waals surface area contributed by atoms with Gasteiger partial charge in [0, 0.05) is 24.7 Å². The molecule has 104 valence electrons. The minimum absolute atomic E-state index is 0.569. The topological polar surface area (TPSA) is 6.48 Å². The van der Waals surface area contributed by atoms with Crippen LogP contribution in [0.2, 0.25) is 5.02 Å². The number of hydrogen-bond acceptors (Lipinski definition) is 2. The zero-order valence-electron chi connectivity index (χ0n) is 11.7. The Morgan fingerprint density at radius 3 is 2.58 bits per heavy atom. The van der Waals surface area contributed by atoms with Gasteiger partial charge in [-0.3, -0.25) is 4.90 Å². The number of piperidine rings is 1. The van der Waals surface area contributed by atoms with Crippen molar-refractivity contribution in [1.82, 2.24) is 9.80 Å². The van der Waals surface area contributed by atoms with E-state index in [2.05, 4.69) is 29.0 Å². The van der Waals surface area contributed by atoms with E-state index in [0.717, 1.165) is 11.6 Å². The van der Waals surface area contributed by atoms with Gasteiger partial charge < -0.3 is 4.90 Å². The number of likely N-dealkylation sites (tertiary alicyclic amines) is 2. The van der Waals surface area contributed by atoms with Gasteiger partial charge in [-0.15, -0.1) is 0 Å². The molecule has 0 N–H and O–H groups in total. The van der Waals surface area contributed by atoms with Gasteiger partial charge >= 0.3 is 0 Å². The van der Waals surface area contributed by atoms with Crippen LogP contribution < -0.4 is 0 Å². The Balaban J connectivity index is 1.64. The normalized spacial score (nSPS) is 29.2. The van der Waals surface area contributed by atoms with Gasteiger partial charge in [-0.2, -0.15) is 0 Å². The van der Waals surface area contributed by atoms with Crippen LogP contribution in [0.3, 0.4) is 0 Å². The maximum absolute atomic E-state index is 5.95. The minimum atomic E-state index is 0.569. The van der Waals surface area contributed by atoms with Crippen molar-refractivity contribution in [2.75, 3.05) is 33.2 Å². The van der Waals surface area contributed by atoms with Crippen molar-refractivity contribution < 1.29 is 0 Å². The highest BCUT2D eigenvalue weighted by Gasteiger charge is 2.39. The predicted octanol–water partition coefficient (Wildman–Crippen LogP) is 3.26. The first-order valence-corrected chi connectivity index (χ1v) is 7.68. The molecule has 2 nitrogen and oxygen atoms in total. The molecule has 0 amide bonds. The molecule has 3 heteroatoms. The fraction of sp³-hybridized carbons (Fsp3) is 0.625. The summed E-state index contributed by atoms with van der Waals surface area (Å²) in [5.74, 6) is 0. The third-order valence-electron chi connectivity index (χ3n) is 4.69. The quantitative estimate of drug-likeness (QED) is 0.819. The Bertz CT molecular complexity index is 427. The number of hydrogen-bond donors (Lipinski definition) is 0. The van der Waals surface area contributed by atoms with Crippen LogP contribution in [-0.2, 0) is 6.54 Å². The molecule has 2 aliphatic heterocycles. The smallest absolute Gasteiger partial charge is 0.0406 e. The number of benzene rings is 1. The summed E-state index contributed by atoms with van der Waals surface area (Å²) >= 11 is 5.95. The maximum Gasteiger partial charge on any atom is 0.0406 e. The molecular formula is C16H23ClN2. The van der Waals surface area contributed by atoms with Crippen LogP contribution in [-0.4, -0.2) is 43.0 Å². The van der Waals surface area contributed by atoms with E-state index in [0.29, 0.717) is 5.41 Å². The molecule has 1 aromatic carbocycles. The average Bonchev–Trinajstić information content (AvgIpc) is 2.73. The summed E-state index contributed by atoms with van der Waals surface area (Å²) in [6.45, 7) is 6.13. The van der Waals surface area contributed by atoms with Crippen LogP contribution in [0.15, 0.2) is 24.3 Å². The molecule has 0 bridgehead atoms. The summed E-state index contributed by atoms with van der Waals surface area (Å²) in [7, 11) is 2.26. The van der Waals surface area contributed by atoms with Crippen LogP contribution in [0.1, 0.15) is 24.8 Å². The molecule has 1 aromatic rings. The van der Waals surface area contributed by atoms with Crippen molar-refractivity contribution >= 4 is 11.6 Å². The molecule has 1 spiro atoms. The predicted molar refractivity (Wildman–Crippen MR) is 80.5 cm³/mol. The molecule has 0 aliphatic carbocycles. The van der Waals surface area contributed by atoms with Crippen LogP contribution >= 0.6 is 11.6 Å². The van der Waals surface area contributed by atoms with Crippen molar-refractivity contribution in [1.29, 1.82) is 0 Å². The minimum Gasteiger partial charge on any atom is -0.306 e. The van der Waals surface area contributed by atoms with Crippen molar-refractivity contribution in [3.63, 3.8) is 0 Å². The molecule has 19 heavy (non-hydrogen) atoms. The van der Waals surface area contributed by atoms with E-state index in [4.69, 9.17) is 11.6 Å². The van der Waals surface area contributed by atoms with Gasteiger partial charge in [0.15, 0.2) is 0 Å². The lowest BCUT2D eigenvalue weighted by atomic mass is 9.79. The largest absolute Gasteiger partial charge is 0.306 e. The molecule has 1 unspecified atom stereocenters.